The van der Waals surface area contributed by atoms with Crippen molar-refractivity contribution in [3.8, 4) is 5.75 Å². The van der Waals surface area contributed by atoms with E-state index in [0.717, 1.165) is 19.0 Å². The van der Waals surface area contributed by atoms with Crippen molar-refractivity contribution >= 4 is 0 Å². The number of aromatic hydroxyl groups is 1. The number of nitrogens with two attached hydrogens (primary N) is 1. The summed E-state index contributed by atoms with van der Waals surface area (Å²) in [6.45, 7) is 3.96. The summed E-state index contributed by atoms with van der Waals surface area (Å²) >= 11 is 0. The van der Waals surface area contributed by atoms with Crippen LogP contribution in [0.25, 0.3) is 0 Å². The minimum absolute atomic E-state index is 0.157. The largest absolute Gasteiger partial charge is 0.508 e. The molecule has 0 amide bonds. The molecule has 0 heterocycles. The van der Waals surface area contributed by atoms with E-state index in [0.29, 0.717) is 5.75 Å². The van der Waals surface area contributed by atoms with Crippen LogP contribution in [0.3, 0.4) is 0 Å². The quantitative estimate of drug-likeness (QED) is 0.877. The summed E-state index contributed by atoms with van der Waals surface area (Å²) < 4.78 is 0. The third-order valence-electron chi connectivity index (χ3n) is 4.75. The first-order chi connectivity index (χ1) is 9.05. The Labute approximate surface area is 116 Å². The molecule has 1 fully saturated rings. The van der Waals surface area contributed by atoms with E-state index < -0.39 is 0 Å². The third-order valence-corrected chi connectivity index (χ3v) is 4.75. The second-order valence-corrected chi connectivity index (χ2v) is 6.13. The highest BCUT2D eigenvalue weighted by atomic mass is 16.3. The molecule has 0 aromatic heterocycles. The lowest BCUT2D eigenvalue weighted by molar-refractivity contribution is 0.0616. The molecule has 0 radical (unpaired) electrons. The van der Waals surface area contributed by atoms with E-state index in [4.69, 9.17) is 5.73 Å². The Kier molecular flexibility index (Phi) is 4.48. The molecule has 19 heavy (non-hydrogen) atoms. The van der Waals surface area contributed by atoms with Crippen molar-refractivity contribution < 1.29 is 5.11 Å². The first-order valence-electron chi connectivity index (χ1n) is 7.25. The van der Waals surface area contributed by atoms with E-state index >= 15 is 0 Å². The molecule has 3 nitrogen and oxygen atoms in total. The van der Waals surface area contributed by atoms with Crippen LogP contribution in [0.4, 0.5) is 0 Å². The molecular formula is C16H26N2O. The van der Waals surface area contributed by atoms with Crippen LogP contribution in [0.5, 0.6) is 5.75 Å². The van der Waals surface area contributed by atoms with Crippen LogP contribution in [0.2, 0.25) is 0 Å². The highest BCUT2D eigenvalue weighted by Crippen LogP contribution is 2.35. The normalized spacial score (nSPS) is 27.7. The molecule has 1 saturated carbocycles. The first kappa shape index (κ1) is 14.4. The fourth-order valence-corrected chi connectivity index (χ4v) is 3.08. The molecule has 3 heteroatoms. The molecule has 1 aromatic rings. The lowest BCUT2D eigenvalue weighted by atomic mass is 9.76. The molecule has 106 valence electrons. The number of benzene rings is 1. The summed E-state index contributed by atoms with van der Waals surface area (Å²) in [6, 6.07) is 7.48. The van der Waals surface area contributed by atoms with E-state index in [9.17, 15) is 5.11 Å². The molecule has 3 N–H and O–H groups in total. The Hall–Kier alpha value is -1.06. The summed E-state index contributed by atoms with van der Waals surface area (Å²) in [6.07, 6.45) is 4.94. The van der Waals surface area contributed by atoms with Crippen molar-refractivity contribution in [2.45, 2.75) is 44.7 Å². The average Bonchev–Trinajstić information content (AvgIpc) is 2.42. The summed E-state index contributed by atoms with van der Waals surface area (Å²) in [5.41, 5.74) is 7.47. The molecule has 0 saturated heterocycles. The van der Waals surface area contributed by atoms with Gasteiger partial charge in [0.1, 0.15) is 5.75 Å². The molecule has 0 bridgehead atoms. The molecular weight excluding hydrogens is 236 g/mol. The van der Waals surface area contributed by atoms with Crippen molar-refractivity contribution in [1.82, 2.24) is 4.90 Å². The highest BCUT2D eigenvalue weighted by molar-refractivity contribution is 5.26. The SMILES string of the molecule is CC1CCC(CN)(N(C)Cc2ccc(O)cc2)CC1. The Balaban J connectivity index is 2.04. The van der Waals surface area contributed by atoms with Gasteiger partial charge < -0.3 is 10.8 Å². The van der Waals surface area contributed by atoms with E-state index in [1.54, 1.807) is 12.1 Å². The lowest BCUT2D eigenvalue weighted by Crippen LogP contribution is -2.53. The standard InChI is InChI=1S/C16H26N2O/c1-13-7-9-16(12-17,10-8-13)18(2)11-14-3-5-15(19)6-4-14/h3-6,13,19H,7-12,17H2,1-2H3. The van der Waals surface area contributed by atoms with Crippen LogP contribution >= 0.6 is 0 Å². The van der Waals surface area contributed by atoms with Gasteiger partial charge in [0, 0.05) is 18.6 Å². The maximum Gasteiger partial charge on any atom is 0.115 e. The summed E-state index contributed by atoms with van der Waals surface area (Å²) in [4.78, 5) is 2.41. The van der Waals surface area contributed by atoms with Gasteiger partial charge in [0.15, 0.2) is 0 Å². The Morgan fingerprint density at radius 1 is 1.26 bits per heavy atom. The number of hydrogen-bond donors (Lipinski definition) is 2. The van der Waals surface area contributed by atoms with Gasteiger partial charge in [-0.15, -0.1) is 0 Å². The van der Waals surface area contributed by atoms with Gasteiger partial charge in [-0.25, -0.2) is 0 Å². The van der Waals surface area contributed by atoms with Gasteiger partial charge in [0.05, 0.1) is 0 Å². The topological polar surface area (TPSA) is 49.5 Å². The molecule has 1 aromatic carbocycles. The zero-order chi connectivity index (χ0) is 13.9. The van der Waals surface area contributed by atoms with Gasteiger partial charge in [-0.3, -0.25) is 4.90 Å². The Morgan fingerprint density at radius 2 is 1.84 bits per heavy atom. The van der Waals surface area contributed by atoms with Crippen molar-refractivity contribution in [2.24, 2.45) is 11.7 Å². The number of nitrogens with zero attached hydrogens (tertiary/aromatic N) is 1. The summed E-state index contributed by atoms with van der Waals surface area (Å²) in [5, 5.41) is 9.33. The van der Waals surface area contributed by atoms with Gasteiger partial charge in [-0.2, -0.15) is 0 Å². The zero-order valence-corrected chi connectivity index (χ0v) is 12.1. The maximum atomic E-state index is 9.33. The predicted octanol–water partition coefficient (Wildman–Crippen LogP) is 2.73. The molecule has 1 aliphatic carbocycles. The van der Waals surface area contributed by atoms with E-state index in [2.05, 4.69) is 18.9 Å². The lowest BCUT2D eigenvalue weighted by Gasteiger charge is -2.45. The molecule has 0 spiro atoms. The number of phenols is 1. The Morgan fingerprint density at radius 3 is 2.37 bits per heavy atom. The molecule has 1 aliphatic rings. The summed E-state index contributed by atoms with van der Waals surface area (Å²) in [5.74, 6) is 1.16. The fraction of sp³-hybridized carbons (Fsp3) is 0.625. The number of rotatable bonds is 4. The minimum Gasteiger partial charge on any atom is -0.508 e. The van der Waals surface area contributed by atoms with Crippen molar-refractivity contribution in [3.63, 3.8) is 0 Å². The van der Waals surface area contributed by atoms with E-state index in [1.807, 2.05) is 12.1 Å². The first-order valence-corrected chi connectivity index (χ1v) is 7.25. The monoisotopic (exact) mass is 262 g/mol. The number of likely N-dealkylation sites (N-methyl/N-ethyl adjacent to an activating group) is 1. The van der Waals surface area contributed by atoms with Crippen LogP contribution in [0, 0.1) is 5.92 Å². The average molecular weight is 262 g/mol. The molecule has 0 atom stereocenters. The Bertz CT molecular complexity index is 394. The summed E-state index contributed by atoms with van der Waals surface area (Å²) in [7, 11) is 2.18. The van der Waals surface area contributed by atoms with Gasteiger partial charge >= 0.3 is 0 Å². The second kappa shape index (κ2) is 5.93. The van der Waals surface area contributed by atoms with Gasteiger partial charge in [-0.1, -0.05) is 19.1 Å². The molecule has 0 unspecified atom stereocenters. The van der Waals surface area contributed by atoms with Crippen LogP contribution in [0.15, 0.2) is 24.3 Å². The van der Waals surface area contributed by atoms with E-state index in [1.165, 1.54) is 31.2 Å². The molecule has 0 aliphatic heterocycles. The highest BCUT2D eigenvalue weighted by Gasteiger charge is 2.36. The van der Waals surface area contributed by atoms with Crippen LogP contribution in [-0.4, -0.2) is 29.1 Å². The predicted molar refractivity (Wildman–Crippen MR) is 79.0 cm³/mol. The molecule has 2 rings (SSSR count). The minimum atomic E-state index is 0.157. The zero-order valence-electron chi connectivity index (χ0n) is 12.1. The van der Waals surface area contributed by atoms with Crippen LogP contribution in [0.1, 0.15) is 38.2 Å². The maximum absolute atomic E-state index is 9.33. The van der Waals surface area contributed by atoms with Gasteiger partial charge in [-0.05, 0) is 56.3 Å². The van der Waals surface area contributed by atoms with Crippen molar-refractivity contribution in [2.75, 3.05) is 13.6 Å². The van der Waals surface area contributed by atoms with E-state index in [-0.39, 0.29) is 5.54 Å². The van der Waals surface area contributed by atoms with Crippen LogP contribution < -0.4 is 5.73 Å². The number of phenolic OH excluding ortho intramolecular Hbond substituents is 1. The smallest absolute Gasteiger partial charge is 0.115 e. The van der Waals surface area contributed by atoms with Crippen molar-refractivity contribution in [1.29, 1.82) is 0 Å². The van der Waals surface area contributed by atoms with Gasteiger partial charge in [0.25, 0.3) is 0 Å². The second-order valence-electron chi connectivity index (χ2n) is 6.13. The number of hydrogen-bond acceptors (Lipinski definition) is 3. The fourth-order valence-electron chi connectivity index (χ4n) is 3.08. The third kappa shape index (κ3) is 3.28. The van der Waals surface area contributed by atoms with Crippen molar-refractivity contribution in [3.05, 3.63) is 29.8 Å². The van der Waals surface area contributed by atoms with Gasteiger partial charge in [0.2, 0.25) is 0 Å². The van der Waals surface area contributed by atoms with Crippen LogP contribution in [-0.2, 0) is 6.54 Å².